The SMILES string of the molecule is CNC(C)C(C)c1ccc([N+](=O)[O-])c(OC)c1. The van der Waals surface area contributed by atoms with Crippen molar-refractivity contribution in [3.63, 3.8) is 0 Å². The van der Waals surface area contributed by atoms with Gasteiger partial charge in [0.25, 0.3) is 0 Å². The molecule has 1 N–H and O–H groups in total. The maximum Gasteiger partial charge on any atom is 0.310 e. The minimum absolute atomic E-state index is 0.000519. The number of methoxy groups -OCH3 is 1. The minimum atomic E-state index is -0.436. The van der Waals surface area contributed by atoms with Crippen LogP contribution in [0.1, 0.15) is 25.3 Å². The second-order valence-electron chi connectivity index (χ2n) is 4.05. The van der Waals surface area contributed by atoms with Crippen molar-refractivity contribution in [1.29, 1.82) is 0 Å². The molecule has 0 aromatic heterocycles. The lowest BCUT2D eigenvalue weighted by molar-refractivity contribution is -0.385. The summed E-state index contributed by atoms with van der Waals surface area (Å²) in [6.45, 7) is 4.14. The Morgan fingerprint density at radius 3 is 2.53 bits per heavy atom. The molecule has 0 aliphatic carbocycles. The molecular formula is C12H18N2O3. The Balaban J connectivity index is 3.09. The van der Waals surface area contributed by atoms with Gasteiger partial charge < -0.3 is 10.1 Å². The zero-order valence-corrected chi connectivity index (χ0v) is 10.6. The fraction of sp³-hybridized carbons (Fsp3) is 0.500. The van der Waals surface area contributed by atoms with Gasteiger partial charge in [-0.2, -0.15) is 0 Å². The average Bonchev–Trinajstić information content (AvgIpc) is 2.35. The molecule has 0 aliphatic heterocycles. The van der Waals surface area contributed by atoms with Crippen molar-refractivity contribution in [2.24, 2.45) is 0 Å². The number of nitrogens with zero attached hydrogens (tertiary/aromatic N) is 1. The van der Waals surface area contributed by atoms with Crippen LogP contribution in [-0.2, 0) is 0 Å². The van der Waals surface area contributed by atoms with Crippen LogP contribution < -0.4 is 10.1 Å². The van der Waals surface area contributed by atoms with Gasteiger partial charge >= 0.3 is 5.69 Å². The van der Waals surface area contributed by atoms with E-state index in [1.165, 1.54) is 13.2 Å². The molecule has 2 atom stereocenters. The van der Waals surface area contributed by atoms with Gasteiger partial charge in [-0.05, 0) is 31.5 Å². The van der Waals surface area contributed by atoms with Gasteiger partial charge in [0.15, 0.2) is 5.75 Å². The molecule has 17 heavy (non-hydrogen) atoms. The molecule has 0 saturated carbocycles. The van der Waals surface area contributed by atoms with Gasteiger partial charge in [-0.15, -0.1) is 0 Å². The monoisotopic (exact) mass is 238 g/mol. The van der Waals surface area contributed by atoms with Gasteiger partial charge in [-0.1, -0.05) is 13.0 Å². The van der Waals surface area contributed by atoms with Crippen LogP contribution in [0.25, 0.3) is 0 Å². The molecule has 2 unspecified atom stereocenters. The number of nitrogens with one attached hydrogen (secondary N) is 1. The van der Waals surface area contributed by atoms with Gasteiger partial charge in [-0.3, -0.25) is 10.1 Å². The molecule has 94 valence electrons. The lowest BCUT2D eigenvalue weighted by Gasteiger charge is -2.20. The first-order valence-corrected chi connectivity index (χ1v) is 5.50. The maximum absolute atomic E-state index is 10.8. The number of benzene rings is 1. The summed E-state index contributed by atoms with van der Waals surface area (Å²) in [5.74, 6) is 0.567. The van der Waals surface area contributed by atoms with Gasteiger partial charge in [0.05, 0.1) is 12.0 Å². The van der Waals surface area contributed by atoms with Crippen molar-refractivity contribution < 1.29 is 9.66 Å². The zero-order valence-electron chi connectivity index (χ0n) is 10.6. The highest BCUT2D eigenvalue weighted by Crippen LogP contribution is 2.31. The fourth-order valence-electron chi connectivity index (χ4n) is 1.67. The predicted octanol–water partition coefficient (Wildman–Crippen LogP) is 2.31. The van der Waals surface area contributed by atoms with E-state index in [9.17, 15) is 10.1 Å². The van der Waals surface area contributed by atoms with Crippen molar-refractivity contribution in [2.75, 3.05) is 14.2 Å². The number of hydrogen-bond donors (Lipinski definition) is 1. The van der Waals surface area contributed by atoms with Crippen molar-refractivity contribution in [3.8, 4) is 5.75 Å². The largest absolute Gasteiger partial charge is 0.490 e. The van der Waals surface area contributed by atoms with Crippen LogP contribution in [0.3, 0.4) is 0 Å². The van der Waals surface area contributed by atoms with E-state index in [0.29, 0.717) is 11.8 Å². The number of ether oxygens (including phenoxy) is 1. The van der Waals surface area contributed by atoms with Crippen LogP contribution in [0, 0.1) is 10.1 Å². The van der Waals surface area contributed by atoms with Gasteiger partial charge in [0, 0.05) is 12.1 Å². The van der Waals surface area contributed by atoms with Crippen molar-refractivity contribution in [1.82, 2.24) is 5.32 Å². The molecule has 1 rings (SSSR count). The second-order valence-corrected chi connectivity index (χ2v) is 4.05. The molecule has 1 aromatic carbocycles. The van der Waals surface area contributed by atoms with E-state index in [2.05, 4.69) is 19.2 Å². The first-order valence-electron chi connectivity index (χ1n) is 5.50. The van der Waals surface area contributed by atoms with Crippen molar-refractivity contribution in [3.05, 3.63) is 33.9 Å². The maximum atomic E-state index is 10.8. The van der Waals surface area contributed by atoms with E-state index < -0.39 is 4.92 Å². The Morgan fingerprint density at radius 1 is 1.41 bits per heavy atom. The summed E-state index contributed by atoms with van der Waals surface area (Å²) in [6.07, 6.45) is 0. The molecule has 1 aromatic rings. The zero-order chi connectivity index (χ0) is 13.0. The Kier molecular flexibility index (Phi) is 4.45. The van der Waals surface area contributed by atoms with E-state index in [4.69, 9.17) is 4.74 Å². The third-order valence-electron chi connectivity index (χ3n) is 3.13. The molecule has 5 heteroatoms. The quantitative estimate of drug-likeness (QED) is 0.631. The summed E-state index contributed by atoms with van der Waals surface area (Å²) in [6, 6.07) is 5.30. The minimum Gasteiger partial charge on any atom is -0.490 e. The molecule has 0 aliphatic rings. The van der Waals surface area contributed by atoms with E-state index in [-0.39, 0.29) is 11.6 Å². The van der Waals surface area contributed by atoms with E-state index in [1.807, 2.05) is 7.05 Å². The predicted molar refractivity (Wildman–Crippen MR) is 66.6 cm³/mol. The van der Waals surface area contributed by atoms with Crippen LogP contribution >= 0.6 is 0 Å². The molecule has 0 fully saturated rings. The molecule has 0 spiro atoms. The highest BCUT2D eigenvalue weighted by Gasteiger charge is 2.19. The molecule has 0 radical (unpaired) electrons. The normalized spacial score (nSPS) is 14.1. The molecule has 5 nitrogen and oxygen atoms in total. The van der Waals surface area contributed by atoms with Crippen LogP contribution in [0.15, 0.2) is 18.2 Å². The third-order valence-corrected chi connectivity index (χ3v) is 3.13. The van der Waals surface area contributed by atoms with Gasteiger partial charge in [0.2, 0.25) is 0 Å². The topological polar surface area (TPSA) is 64.4 Å². The second kappa shape index (κ2) is 5.63. The first-order chi connectivity index (χ1) is 8.01. The lowest BCUT2D eigenvalue weighted by atomic mass is 9.94. The molecule has 0 bridgehead atoms. The van der Waals surface area contributed by atoms with Gasteiger partial charge in [-0.25, -0.2) is 0 Å². The summed E-state index contributed by atoms with van der Waals surface area (Å²) in [5, 5.41) is 13.9. The first kappa shape index (κ1) is 13.4. The number of nitro benzene ring substituents is 1. The van der Waals surface area contributed by atoms with E-state index in [0.717, 1.165) is 5.56 Å². The van der Waals surface area contributed by atoms with E-state index in [1.54, 1.807) is 12.1 Å². The van der Waals surface area contributed by atoms with Crippen LogP contribution in [0.2, 0.25) is 0 Å². The fourth-order valence-corrected chi connectivity index (χ4v) is 1.67. The standard InChI is InChI=1S/C12H18N2O3/c1-8(9(2)13-3)10-5-6-11(14(15)16)12(7-10)17-4/h5-9,13H,1-4H3. The number of hydrogen-bond acceptors (Lipinski definition) is 4. The molecule has 0 amide bonds. The number of nitro groups is 1. The number of likely N-dealkylation sites (N-methyl/N-ethyl adjacent to an activating group) is 1. The summed E-state index contributed by atoms with van der Waals surface area (Å²) in [4.78, 5) is 10.3. The summed E-state index contributed by atoms with van der Waals surface area (Å²) < 4.78 is 5.05. The van der Waals surface area contributed by atoms with Crippen LogP contribution in [0.4, 0.5) is 5.69 Å². The summed E-state index contributed by atoms with van der Waals surface area (Å²) in [7, 11) is 3.34. The molecule has 0 heterocycles. The highest BCUT2D eigenvalue weighted by molar-refractivity contribution is 5.49. The lowest BCUT2D eigenvalue weighted by Crippen LogP contribution is -2.27. The Bertz CT molecular complexity index is 407. The van der Waals surface area contributed by atoms with Crippen LogP contribution in [-0.4, -0.2) is 25.1 Å². The van der Waals surface area contributed by atoms with Gasteiger partial charge in [0.1, 0.15) is 0 Å². The number of rotatable bonds is 5. The van der Waals surface area contributed by atoms with Crippen molar-refractivity contribution >= 4 is 5.69 Å². The molecular weight excluding hydrogens is 220 g/mol. The van der Waals surface area contributed by atoms with Crippen LogP contribution in [0.5, 0.6) is 5.75 Å². The van der Waals surface area contributed by atoms with Crippen molar-refractivity contribution in [2.45, 2.75) is 25.8 Å². The summed E-state index contributed by atoms with van der Waals surface area (Å²) >= 11 is 0. The molecule has 0 saturated heterocycles. The Morgan fingerprint density at radius 2 is 2.06 bits per heavy atom. The Hall–Kier alpha value is -1.62. The summed E-state index contributed by atoms with van der Waals surface area (Å²) in [5.41, 5.74) is 1.02. The average molecular weight is 238 g/mol. The smallest absolute Gasteiger partial charge is 0.310 e. The third kappa shape index (κ3) is 2.94. The Labute approximate surface area is 101 Å². The highest BCUT2D eigenvalue weighted by atomic mass is 16.6. The van der Waals surface area contributed by atoms with E-state index >= 15 is 0 Å².